The van der Waals surface area contributed by atoms with Crippen LogP contribution in [0.2, 0.25) is 0 Å². The van der Waals surface area contributed by atoms with E-state index in [0.717, 1.165) is 0 Å². The van der Waals surface area contributed by atoms with Gasteiger partial charge in [0.25, 0.3) is 5.56 Å². The Morgan fingerprint density at radius 3 is 2.75 bits per heavy atom. The second kappa shape index (κ2) is 4.78. The van der Waals surface area contributed by atoms with Crippen molar-refractivity contribution in [2.24, 2.45) is 0 Å². The van der Waals surface area contributed by atoms with Crippen molar-refractivity contribution >= 4 is 11.7 Å². The molecule has 6 heteroatoms. The molecule has 1 aromatic heterocycles. The Balaban J connectivity index is 2.46. The van der Waals surface area contributed by atoms with E-state index >= 15 is 0 Å². The lowest BCUT2D eigenvalue weighted by molar-refractivity contribution is -0.120. The third kappa shape index (κ3) is 4.59. The Morgan fingerprint density at radius 2 is 2.19 bits per heavy atom. The summed E-state index contributed by atoms with van der Waals surface area (Å²) in [6, 6.07) is 1.30. The van der Waals surface area contributed by atoms with E-state index < -0.39 is 0 Å². The molecular formula is C10H16N4O2. The molecule has 0 saturated carbocycles. The molecule has 0 unspecified atom stereocenters. The summed E-state index contributed by atoms with van der Waals surface area (Å²) in [7, 11) is 0. The van der Waals surface area contributed by atoms with Gasteiger partial charge in [0.15, 0.2) is 0 Å². The molecular weight excluding hydrogens is 208 g/mol. The molecule has 0 aliphatic carbocycles. The average molecular weight is 224 g/mol. The molecule has 6 nitrogen and oxygen atoms in total. The van der Waals surface area contributed by atoms with E-state index in [1.807, 2.05) is 20.8 Å². The van der Waals surface area contributed by atoms with Gasteiger partial charge in [-0.05, 0) is 20.8 Å². The normalized spacial score (nSPS) is 10.9. The van der Waals surface area contributed by atoms with Crippen LogP contribution in [0.3, 0.4) is 0 Å². The molecule has 0 atom stereocenters. The maximum atomic E-state index is 11.4. The smallest absolute Gasteiger partial charge is 0.252 e. The first-order valence-electron chi connectivity index (χ1n) is 4.96. The minimum Gasteiger partial charge on any atom is -0.361 e. The molecule has 0 fully saturated rings. The minimum absolute atomic E-state index is 0.0910. The number of aromatic nitrogens is 2. The maximum Gasteiger partial charge on any atom is 0.252 e. The first-order valence-corrected chi connectivity index (χ1v) is 4.96. The average Bonchev–Trinajstić information content (AvgIpc) is 2.12. The van der Waals surface area contributed by atoms with E-state index in [1.165, 1.54) is 12.4 Å². The fourth-order valence-electron chi connectivity index (χ4n) is 1.10. The molecule has 88 valence electrons. The topological polar surface area (TPSA) is 86.9 Å². The predicted molar refractivity (Wildman–Crippen MR) is 61.2 cm³/mol. The zero-order valence-electron chi connectivity index (χ0n) is 9.63. The number of amides is 1. The number of H-pyrrole nitrogens is 1. The molecule has 3 N–H and O–H groups in total. The highest BCUT2D eigenvalue weighted by atomic mass is 16.2. The first-order chi connectivity index (χ1) is 7.37. The molecule has 1 aromatic rings. The molecule has 16 heavy (non-hydrogen) atoms. The van der Waals surface area contributed by atoms with Crippen LogP contribution in [0.25, 0.3) is 0 Å². The fraction of sp³-hybridized carbons (Fsp3) is 0.500. The molecule has 1 heterocycles. The summed E-state index contributed by atoms with van der Waals surface area (Å²) < 4.78 is 0. The molecule has 1 amide bonds. The van der Waals surface area contributed by atoms with E-state index in [9.17, 15) is 9.59 Å². The zero-order valence-corrected chi connectivity index (χ0v) is 9.63. The quantitative estimate of drug-likeness (QED) is 0.679. The predicted octanol–water partition coefficient (Wildman–Crippen LogP) is 0.0965. The van der Waals surface area contributed by atoms with Crippen LogP contribution in [0.5, 0.6) is 0 Å². The Morgan fingerprint density at radius 1 is 1.50 bits per heavy atom. The number of carbonyl (C=O) groups excluding carboxylic acids is 1. The minimum atomic E-state index is -0.264. The molecule has 0 bridgehead atoms. The fourth-order valence-corrected chi connectivity index (χ4v) is 1.10. The summed E-state index contributed by atoms with van der Waals surface area (Å²) in [5, 5.41) is 5.55. The van der Waals surface area contributed by atoms with Crippen LogP contribution in [0.4, 0.5) is 5.82 Å². The number of carbonyl (C=O) groups is 1. The number of rotatable bonds is 3. The van der Waals surface area contributed by atoms with E-state index in [2.05, 4.69) is 20.6 Å². The lowest BCUT2D eigenvalue weighted by Crippen LogP contribution is -2.43. The second-order valence-corrected chi connectivity index (χ2v) is 4.45. The molecule has 0 saturated heterocycles. The Hall–Kier alpha value is -1.85. The Bertz CT molecular complexity index is 419. The van der Waals surface area contributed by atoms with Crippen LogP contribution in [0.15, 0.2) is 17.2 Å². The van der Waals surface area contributed by atoms with Crippen molar-refractivity contribution in [3.05, 3.63) is 22.7 Å². The van der Waals surface area contributed by atoms with Gasteiger partial charge in [-0.1, -0.05) is 0 Å². The van der Waals surface area contributed by atoms with E-state index in [-0.39, 0.29) is 23.6 Å². The molecule has 0 aromatic carbocycles. The molecule has 0 spiro atoms. The maximum absolute atomic E-state index is 11.4. The van der Waals surface area contributed by atoms with Crippen LogP contribution in [-0.4, -0.2) is 28.0 Å². The number of hydrogen-bond acceptors (Lipinski definition) is 4. The van der Waals surface area contributed by atoms with Crippen molar-refractivity contribution in [1.29, 1.82) is 0 Å². The van der Waals surface area contributed by atoms with Gasteiger partial charge in [0.2, 0.25) is 5.91 Å². The van der Waals surface area contributed by atoms with Gasteiger partial charge >= 0.3 is 0 Å². The highest BCUT2D eigenvalue weighted by Gasteiger charge is 2.13. The van der Waals surface area contributed by atoms with E-state index in [1.54, 1.807) is 0 Å². The third-order valence-electron chi connectivity index (χ3n) is 1.62. The highest BCUT2D eigenvalue weighted by Crippen LogP contribution is 1.98. The summed E-state index contributed by atoms with van der Waals surface area (Å²) in [5.74, 6) is 0.238. The zero-order chi connectivity index (χ0) is 12.2. The van der Waals surface area contributed by atoms with Gasteiger partial charge in [-0.15, -0.1) is 0 Å². The van der Waals surface area contributed by atoms with Gasteiger partial charge in [0.1, 0.15) is 5.82 Å². The van der Waals surface area contributed by atoms with Gasteiger partial charge in [0, 0.05) is 11.6 Å². The van der Waals surface area contributed by atoms with Gasteiger partial charge in [-0.2, -0.15) is 0 Å². The Labute approximate surface area is 93.5 Å². The second-order valence-electron chi connectivity index (χ2n) is 4.45. The van der Waals surface area contributed by atoms with Gasteiger partial charge in [-0.25, -0.2) is 4.98 Å². The van der Waals surface area contributed by atoms with Crippen molar-refractivity contribution in [3.8, 4) is 0 Å². The van der Waals surface area contributed by atoms with Crippen molar-refractivity contribution in [2.45, 2.75) is 26.3 Å². The number of aromatic amines is 1. The van der Waals surface area contributed by atoms with Crippen LogP contribution >= 0.6 is 0 Å². The number of nitrogens with one attached hydrogen (secondary N) is 3. The van der Waals surface area contributed by atoms with Gasteiger partial charge < -0.3 is 15.6 Å². The summed E-state index contributed by atoms with van der Waals surface area (Å²) in [6.07, 6.45) is 1.28. The van der Waals surface area contributed by atoms with E-state index in [4.69, 9.17) is 0 Å². The van der Waals surface area contributed by atoms with Gasteiger partial charge in [-0.3, -0.25) is 9.59 Å². The van der Waals surface area contributed by atoms with Crippen LogP contribution < -0.4 is 16.2 Å². The summed E-state index contributed by atoms with van der Waals surface area (Å²) in [4.78, 5) is 28.6. The lowest BCUT2D eigenvalue weighted by Gasteiger charge is -2.20. The Kier molecular flexibility index (Phi) is 3.65. The van der Waals surface area contributed by atoms with Crippen molar-refractivity contribution in [2.75, 3.05) is 11.9 Å². The monoisotopic (exact) mass is 224 g/mol. The number of hydrogen-bond donors (Lipinski definition) is 3. The number of nitrogens with zero attached hydrogens (tertiary/aromatic N) is 1. The summed E-state index contributed by atoms with van der Waals surface area (Å²) in [6.45, 7) is 5.79. The molecule has 0 aliphatic heterocycles. The van der Waals surface area contributed by atoms with Crippen molar-refractivity contribution in [1.82, 2.24) is 15.3 Å². The van der Waals surface area contributed by atoms with Crippen LogP contribution in [-0.2, 0) is 4.79 Å². The standard InChI is InChI=1S/C10H16N4O2/c1-10(2,3)14-9(16)5-11-7-4-8(15)13-6-12-7/h4,6H,5H2,1-3H3,(H,14,16)(H2,11,12,13,15). The largest absolute Gasteiger partial charge is 0.361 e. The SMILES string of the molecule is CC(C)(C)NC(=O)CNc1cc(=O)[nH]cn1. The number of anilines is 1. The van der Waals surface area contributed by atoms with Crippen molar-refractivity contribution in [3.63, 3.8) is 0 Å². The molecule has 0 radical (unpaired) electrons. The molecule has 0 aliphatic rings. The third-order valence-corrected chi connectivity index (χ3v) is 1.62. The molecule has 1 rings (SSSR count). The van der Waals surface area contributed by atoms with Crippen molar-refractivity contribution < 1.29 is 4.79 Å². The highest BCUT2D eigenvalue weighted by molar-refractivity contribution is 5.80. The summed E-state index contributed by atoms with van der Waals surface area (Å²) in [5.41, 5.74) is -0.519. The van der Waals surface area contributed by atoms with Crippen LogP contribution in [0, 0.1) is 0 Å². The summed E-state index contributed by atoms with van der Waals surface area (Å²) >= 11 is 0. The van der Waals surface area contributed by atoms with E-state index in [0.29, 0.717) is 5.82 Å². The lowest BCUT2D eigenvalue weighted by atomic mass is 10.1. The first kappa shape index (κ1) is 12.2. The van der Waals surface area contributed by atoms with Crippen LogP contribution in [0.1, 0.15) is 20.8 Å². The van der Waals surface area contributed by atoms with Gasteiger partial charge in [0.05, 0.1) is 12.9 Å².